The molecule has 0 radical (unpaired) electrons. The number of benzene rings is 1. The zero-order valence-electron chi connectivity index (χ0n) is 12.3. The van der Waals surface area contributed by atoms with E-state index < -0.39 is 0 Å². The summed E-state index contributed by atoms with van der Waals surface area (Å²) in [5.74, 6) is 0.278. The number of likely N-dealkylation sites (tertiary alicyclic amines) is 1. The zero-order valence-corrected chi connectivity index (χ0v) is 12.3. The van der Waals surface area contributed by atoms with Crippen LogP contribution in [0, 0.1) is 0 Å². The van der Waals surface area contributed by atoms with Gasteiger partial charge in [-0.05, 0) is 50.2 Å². The van der Waals surface area contributed by atoms with Gasteiger partial charge in [-0.25, -0.2) is 0 Å². The molecule has 108 valence electrons. The highest BCUT2D eigenvalue weighted by Gasteiger charge is 2.41. The molecule has 0 aromatic heterocycles. The number of hydrogen-bond donors (Lipinski definition) is 1. The smallest absolute Gasteiger partial charge is 0.233 e. The summed E-state index contributed by atoms with van der Waals surface area (Å²) < 4.78 is 0. The van der Waals surface area contributed by atoms with E-state index in [2.05, 4.69) is 31.2 Å². The summed E-state index contributed by atoms with van der Waals surface area (Å²) in [5, 5.41) is 0. The first-order valence-electron chi connectivity index (χ1n) is 7.74. The lowest BCUT2D eigenvalue weighted by Crippen LogP contribution is -2.52. The molecule has 20 heavy (non-hydrogen) atoms. The number of rotatable bonds is 1. The van der Waals surface area contributed by atoms with Crippen molar-refractivity contribution >= 4 is 5.91 Å². The Morgan fingerprint density at radius 3 is 2.95 bits per heavy atom. The third-order valence-corrected chi connectivity index (χ3v) is 4.95. The summed E-state index contributed by atoms with van der Waals surface area (Å²) in [5.41, 5.74) is 8.26. The van der Waals surface area contributed by atoms with Crippen LogP contribution in [0.25, 0.3) is 0 Å². The maximum absolute atomic E-state index is 13.1. The molecule has 1 amide bonds. The Bertz CT molecular complexity index is 513. The highest BCUT2D eigenvalue weighted by molar-refractivity contribution is 5.88. The Morgan fingerprint density at radius 2 is 2.15 bits per heavy atom. The molecule has 1 aliphatic heterocycles. The Balaban J connectivity index is 1.91. The van der Waals surface area contributed by atoms with Crippen LogP contribution in [-0.2, 0) is 16.6 Å². The molecule has 2 N–H and O–H groups in total. The van der Waals surface area contributed by atoms with Crippen LogP contribution in [0.1, 0.15) is 43.7 Å². The maximum atomic E-state index is 13.1. The van der Waals surface area contributed by atoms with Crippen LogP contribution in [0.4, 0.5) is 0 Å². The lowest BCUT2D eigenvalue weighted by atomic mass is 9.70. The van der Waals surface area contributed by atoms with Gasteiger partial charge in [-0.2, -0.15) is 0 Å². The molecule has 0 bridgehead atoms. The van der Waals surface area contributed by atoms with Crippen LogP contribution in [-0.4, -0.2) is 29.9 Å². The molecule has 1 aromatic rings. The fourth-order valence-corrected chi connectivity index (χ4v) is 3.81. The first kappa shape index (κ1) is 13.6. The van der Waals surface area contributed by atoms with Crippen LogP contribution in [0.15, 0.2) is 24.3 Å². The van der Waals surface area contributed by atoms with E-state index in [1.165, 1.54) is 11.1 Å². The molecule has 1 aromatic carbocycles. The maximum Gasteiger partial charge on any atom is 0.233 e. The van der Waals surface area contributed by atoms with E-state index in [4.69, 9.17) is 5.73 Å². The summed E-state index contributed by atoms with van der Waals surface area (Å²) >= 11 is 0. The number of carbonyl (C=O) groups is 1. The Kier molecular flexibility index (Phi) is 3.55. The van der Waals surface area contributed by atoms with Gasteiger partial charge in [0.25, 0.3) is 0 Å². The number of nitrogens with zero attached hydrogens (tertiary/aromatic N) is 1. The number of nitrogens with two attached hydrogens (primary N) is 1. The average molecular weight is 272 g/mol. The summed E-state index contributed by atoms with van der Waals surface area (Å²) in [7, 11) is 0. The minimum Gasteiger partial charge on any atom is -0.340 e. The van der Waals surface area contributed by atoms with E-state index in [9.17, 15) is 4.79 Å². The van der Waals surface area contributed by atoms with Crippen LogP contribution in [0.2, 0.25) is 0 Å². The molecule has 2 unspecified atom stereocenters. The summed E-state index contributed by atoms with van der Waals surface area (Å²) in [6.07, 6.45) is 5.22. The molecule has 3 rings (SSSR count). The zero-order chi connectivity index (χ0) is 14.2. The fourth-order valence-electron chi connectivity index (χ4n) is 3.81. The first-order valence-corrected chi connectivity index (χ1v) is 7.74. The predicted molar refractivity (Wildman–Crippen MR) is 80.5 cm³/mol. The van der Waals surface area contributed by atoms with E-state index in [0.717, 1.165) is 45.2 Å². The van der Waals surface area contributed by atoms with Crippen LogP contribution in [0.5, 0.6) is 0 Å². The van der Waals surface area contributed by atoms with E-state index in [1.54, 1.807) is 0 Å². The lowest BCUT2D eigenvalue weighted by molar-refractivity contribution is -0.138. The number of carbonyl (C=O) groups excluding carboxylic acids is 1. The predicted octanol–water partition coefficient (Wildman–Crippen LogP) is 2.23. The second-order valence-corrected chi connectivity index (χ2v) is 6.50. The van der Waals surface area contributed by atoms with Gasteiger partial charge in [0, 0.05) is 19.1 Å². The van der Waals surface area contributed by atoms with Crippen molar-refractivity contribution in [1.82, 2.24) is 4.90 Å². The van der Waals surface area contributed by atoms with Crippen molar-refractivity contribution < 1.29 is 4.79 Å². The van der Waals surface area contributed by atoms with E-state index >= 15 is 0 Å². The molecule has 1 heterocycles. The molecule has 2 aliphatic rings. The topological polar surface area (TPSA) is 46.3 Å². The summed E-state index contributed by atoms with van der Waals surface area (Å²) in [6.45, 7) is 3.70. The van der Waals surface area contributed by atoms with E-state index in [0.29, 0.717) is 0 Å². The Labute approximate surface area is 121 Å². The van der Waals surface area contributed by atoms with Crippen molar-refractivity contribution in [3.8, 4) is 0 Å². The van der Waals surface area contributed by atoms with Crippen molar-refractivity contribution in [2.24, 2.45) is 5.73 Å². The van der Waals surface area contributed by atoms with Crippen molar-refractivity contribution in [1.29, 1.82) is 0 Å². The Morgan fingerprint density at radius 1 is 1.35 bits per heavy atom. The number of aryl methyl sites for hydroxylation is 1. The lowest BCUT2D eigenvalue weighted by Gasteiger charge is -2.41. The van der Waals surface area contributed by atoms with Gasteiger partial charge in [0.2, 0.25) is 5.91 Å². The second kappa shape index (κ2) is 5.21. The standard InChI is InChI=1S/C17H24N2O/c1-17(16(20)19-11-5-8-14(18)12-19)10-4-7-13-6-2-3-9-15(13)17/h2-3,6,9,14H,4-5,7-8,10-12,18H2,1H3. The van der Waals surface area contributed by atoms with Crippen LogP contribution >= 0.6 is 0 Å². The number of amides is 1. The van der Waals surface area contributed by atoms with Crippen molar-refractivity contribution in [3.05, 3.63) is 35.4 Å². The normalized spacial score (nSPS) is 29.9. The largest absolute Gasteiger partial charge is 0.340 e. The Hall–Kier alpha value is -1.35. The average Bonchev–Trinajstić information content (AvgIpc) is 2.47. The highest BCUT2D eigenvalue weighted by atomic mass is 16.2. The first-order chi connectivity index (χ1) is 9.61. The van der Waals surface area contributed by atoms with Gasteiger partial charge in [-0.1, -0.05) is 24.3 Å². The summed E-state index contributed by atoms with van der Waals surface area (Å²) in [6, 6.07) is 8.58. The summed E-state index contributed by atoms with van der Waals surface area (Å²) in [4.78, 5) is 15.0. The molecule has 0 saturated carbocycles. The minimum atomic E-state index is -0.355. The van der Waals surface area contributed by atoms with Gasteiger partial charge in [-0.3, -0.25) is 4.79 Å². The van der Waals surface area contributed by atoms with Gasteiger partial charge in [0.05, 0.1) is 5.41 Å². The molecule has 1 aliphatic carbocycles. The van der Waals surface area contributed by atoms with Crippen LogP contribution < -0.4 is 5.73 Å². The molecule has 3 heteroatoms. The SMILES string of the molecule is CC1(C(=O)N2CCCC(N)C2)CCCc2ccccc21. The van der Waals surface area contributed by atoms with E-state index in [-0.39, 0.29) is 17.4 Å². The molecule has 3 nitrogen and oxygen atoms in total. The van der Waals surface area contributed by atoms with E-state index in [1.807, 2.05) is 4.90 Å². The van der Waals surface area contributed by atoms with Gasteiger partial charge in [0.15, 0.2) is 0 Å². The second-order valence-electron chi connectivity index (χ2n) is 6.50. The minimum absolute atomic E-state index is 0.148. The van der Waals surface area contributed by atoms with Crippen molar-refractivity contribution in [2.75, 3.05) is 13.1 Å². The molecular formula is C17H24N2O. The number of hydrogen-bond acceptors (Lipinski definition) is 2. The van der Waals surface area contributed by atoms with Crippen molar-refractivity contribution in [3.63, 3.8) is 0 Å². The molecule has 1 saturated heterocycles. The third kappa shape index (κ3) is 2.24. The molecular weight excluding hydrogens is 248 g/mol. The molecule has 1 fully saturated rings. The molecule has 2 atom stereocenters. The van der Waals surface area contributed by atoms with Gasteiger partial charge < -0.3 is 10.6 Å². The van der Waals surface area contributed by atoms with Gasteiger partial charge in [0.1, 0.15) is 0 Å². The van der Waals surface area contributed by atoms with Crippen molar-refractivity contribution in [2.45, 2.75) is 50.5 Å². The quantitative estimate of drug-likeness (QED) is 0.852. The van der Waals surface area contributed by atoms with Crippen LogP contribution in [0.3, 0.4) is 0 Å². The molecule has 0 spiro atoms. The third-order valence-electron chi connectivity index (χ3n) is 4.95. The fraction of sp³-hybridized carbons (Fsp3) is 0.588. The monoisotopic (exact) mass is 272 g/mol. The number of piperidine rings is 1. The van der Waals surface area contributed by atoms with Gasteiger partial charge in [-0.15, -0.1) is 0 Å². The highest BCUT2D eigenvalue weighted by Crippen LogP contribution is 2.38. The van der Waals surface area contributed by atoms with Gasteiger partial charge >= 0.3 is 0 Å². The number of fused-ring (bicyclic) bond motifs is 1.